The van der Waals surface area contributed by atoms with E-state index in [2.05, 4.69) is 27.8 Å². The number of hydrogen-bond acceptors (Lipinski definition) is 4. The molecule has 3 aliphatic rings. The van der Waals surface area contributed by atoms with Gasteiger partial charge in [-0.3, -0.25) is 19.5 Å². The van der Waals surface area contributed by atoms with Crippen molar-refractivity contribution in [1.29, 1.82) is 0 Å². The third kappa shape index (κ3) is 4.45. The molecule has 1 aromatic rings. The van der Waals surface area contributed by atoms with Gasteiger partial charge in [0.15, 0.2) is 5.96 Å². The Kier molecular flexibility index (Phi) is 6.25. The molecule has 2 amide bonds. The van der Waals surface area contributed by atoms with E-state index in [9.17, 15) is 9.59 Å². The number of aliphatic imine (C=N–C) groups is 1. The fraction of sp³-hybridized carbons (Fsp3) is 0.609. The second-order valence-corrected chi connectivity index (χ2v) is 8.48. The first kappa shape index (κ1) is 20.7. The zero-order chi connectivity index (χ0) is 21.0. The quantitative estimate of drug-likeness (QED) is 0.441. The number of para-hydroxylation sites is 1. The zero-order valence-electron chi connectivity index (χ0n) is 17.8. The summed E-state index contributed by atoms with van der Waals surface area (Å²) in [7, 11) is 0. The van der Waals surface area contributed by atoms with Crippen LogP contribution in [0.3, 0.4) is 0 Å². The van der Waals surface area contributed by atoms with Gasteiger partial charge < -0.3 is 15.4 Å². The van der Waals surface area contributed by atoms with Crippen molar-refractivity contribution in [3.8, 4) is 5.75 Å². The lowest BCUT2D eigenvalue weighted by Crippen LogP contribution is -2.47. The van der Waals surface area contributed by atoms with Crippen LogP contribution in [-0.2, 0) is 9.59 Å². The largest absolute Gasteiger partial charge is 0.487 e. The maximum absolute atomic E-state index is 12.0. The van der Waals surface area contributed by atoms with Crippen LogP contribution in [0.15, 0.2) is 29.3 Å². The Morgan fingerprint density at radius 2 is 1.90 bits per heavy atom. The molecule has 4 rings (SSSR count). The van der Waals surface area contributed by atoms with Crippen LogP contribution in [0.5, 0.6) is 5.75 Å². The van der Waals surface area contributed by atoms with E-state index < -0.39 is 0 Å². The summed E-state index contributed by atoms with van der Waals surface area (Å²) in [4.78, 5) is 30.1. The van der Waals surface area contributed by atoms with Gasteiger partial charge in [-0.05, 0) is 45.1 Å². The van der Waals surface area contributed by atoms with E-state index in [1.54, 1.807) is 0 Å². The predicted octanol–water partition coefficient (Wildman–Crippen LogP) is 2.92. The molecule has 0 radical (unpaired) electrons. The minimum absolute atomic E-state index is 0.0825. The number of imide groups is 1. The van der Waals surface area contributed by atoms with Crippen molar-refractivity contribution in [1.82, 2.24) is 15.5 Å². The highest BCUT2D eigenvalue weighted by atomic mass is 16.5. The van der Waals surface area contributed by atoms with Crippen molar-refractivity contribution in [2.75, 3.05) is 19.6 Å². The molecular weight excluding hydrogens is 380 g/mol. The first-order valence-corrected chi connectivity index (χ1v) is 11.3. The van der Waals surface area contributed by atoms with Crippen molar-refractivity contribution in [3.63, 3.8) is 0 Å². The van der Waals surface area contributed by atoms with E-state index in [0.717, 1.165) is 37.1 Å². The average Bonchev–Trinajstić information content (AvgIpc) is 3.17. The lowest BCUT2D eigenvalue weighted by molar-refractivity contribution is -0.147. The number of guanidine groups is 1. The maximum Gasteiger partial charge on any atom is 0.229 e. The molecule has 1 spiro atoms. The summed E-state index contributed by atoms with van der Waals surface area (Å²) in [5.74, 6) is 1.51. The molecule has 1 saturated heterocycles. The number of carbonyl (C=O) groups excluding carboxylic acids is 2. The number of ether oxygens (including phenoxy) is 1. The molecule has 1 atom stereocenters. The third-order valence-corrected chi connectivity index (χ3v) is 6.34. The highest BCUT2D eigenvalue weighted by Gasteiger charge is 2.43. The lowest BCUT2D eigenvalue weighted by atomic mass is 9.86. The number of benzene rings is 1. The number of amides is 2. The molecule has 1 aromatic carbocycles. The molecule has 0 aromatic heterocycles. The molecule has 1 unspecified atom stereocenters. The van der Waals surface area contributed by atoms with Crippen molar-refractivity contribution >= 4 is 17.8 Å². The second-order valence-electron chi connectivity index (χ2n) is 8.48. The van der Waals surface area contributed by atoms with Crippen molar-refractivity contribution < 1.29 is 14.3 Å². The monoisotopic (exact) mass is 412 g/mol. The summed E-state index contributed by atoms with van der Waals surface area (Å²) in [6.07, 6.45) is 7.08. The number of nitrogens with one attached hydrogen (secondary N) is 2. The second kappa shape index (κ2) is 9.06. The van der Waals surface area contributed by atoms with E-state index >= 15 is 0 Å². The number of nitrogens with zero attached hydrogens (tertiary/aromatic N) is 2. The van der Waals surface area contributed by atoms with Crippen LogP contribution in [0, 0.1) is 0 Å². The van der Waals surface area contributed by atoms with Crippen LogP contribution in [0.1, 0.15) is 69.9 Å². The highest BCUT2D eigenvalue weighted by molar-refractivity contribution is 5.97. The number of hydrogen-bond donors (Lipinski definition) is 2. The number of likely N-dealkylation sites (tertiary alicyclic amines) is 1. The summed E-state index contributed by atoms with van der Waals surface area (Å²) in [6.45, 7) is 3.50. The van der Waals surface area contributed by atoms with Crippen molar-refractivity contribution in [3.05, 3.63) is 29.8 Å². The molecule has 0 bridgehead atoms. The third-order valence-electron chi connectivity index (χ3n) is 6.34. The Balaban J connectivity index is 1.47. The van der Waals surface area contributed by atoms with E-state index in [1.165, 1.54) is 17.7 Å². The topological polar surface area (TPSA) is 83.0 Å². The van der Waals surface area contributed by atoms with Crippen molar-refractivity contribution in [2.45, 2.75) is 69.9 Å². The SMILES string of the molecule is CCNC(=NCCN1C(=O)CCCC1=O)NC1CC2(CCCC2)Oc2ccccc21. The Morgan fingerprint density at radius 1 is 1.17 bits per heavy atom. The van der Waals surface area contributed by atoms with Gasteiger partial charge in [0.05, 0.1) is 12.6 Å². The van der Waals surface area contributed by atoms with Crippen molar-refractivity contribution in [2.24, 2.45) is 4.99 Å². The minimum Gasteiger partial charge on any atom is -0.487 e. The normalized spacial score (nSPS) is 23.3. The van der Waals surface area contributed by atoms with Crippen LogP contribution in [0.25, 0.3) is 0 Å². The Bertz CT molecular complexity index is 800. The fourth-order valence-corrected chi connectivity index (χ4v) is 4.87. The van der Waals surface area contributed by atoms with Gasteiger partial charge in [-0.1, -0.05) is 18.2 Å². The van der Waals surface area contributed by atoms with Gasteiger partial charge in [-0.2, -0.15) is 0 Å². The van der Waals surface area contributed by atoms with Gasteiger partial charge >= 0.3 is 0 Å². The van der Waals surface area contributed by atoms with Gasteiger partial charge in [0.1, 0.15) is 11.4 Å². The molecule has 7 heteroatoms. The number of piperidine rings is 1. The summed E-state index contributed by atoms with van der Waals surface area (Å²) < 4.78 is 6.45. The van der Waals surface area contributed by atoms with E-state index in [-0.39, 0.29) is 23.5 Å². The summed E-state index contributed by atoms with van der Waals surface area (Å²) in [5.41, 5.74) is 1.07. The summed E-state index contributed by atoms with van der Waals surface area (Å²) in [6, 6.07) is 8.35. The van der Waals surface area contributed by atoms with E-state index in [4.69, 9.17) is 4.74 Å². The Hall–Kier alpha value is -2.57. The van der Waals surface area contributed by atoms with Crippen LogP contribution in [-0.4, -0.2) is 47.9 Å². The Morgan fingerprint density at radius 3 is 2.63 bits per heavy atom. The highest BCUT2D eigenvalue weighted by Crippen LogP contribution is 2.46. The van der Waals surface area contributed by atoms with Crippen LogP contribution in [0.4, 0.5) is 0 Å². The van der Waals surface area contributed by atoms with Gasteiger partial charge in [0.2, 0.25) is 11.8 Å². The fourth-order valence-electron chi connectivity index (χ4n) is 4.87. The van der Waals surface area contributed by atoms with E-state index in [1.807, 2.05) is 19.1 Å². The standard InChI is InChI=1S/C23H32N4O3/c1-2-24-22(25-14-15-27-20(28)10-7-11-21(27)29)26-18-16-23(12-5-6-13-23)30-19-9-4-3-8-17(18)19/h3-4,8-9,18H,2,5-7,10-16H2,1H3,(H2,24,25,26). The van der Waals surface area contributed by atoms with Crippen LogP contribution >= 0.6 is 0 Å². The molecule has 7 nitrogen and oxygen atoms in total. The molecule has 2 fully saturated rings. The zero-order valence-corrected chi connectivity index (χ0v) is 17.8. The number of carbonyl (C=O) groups is 2. The number of fused-ring (bicyclic) bond motifs is 1. The van der Waals surface area contributed by atoms with Gasteiger partial charge in [-0.25, -0.2) is 0 Å². The first-order chi connectivity index (χ1) is 14.6. The molecule has 30 heavy (non-hydrogen) atoms. The first-order valence-electron chi connectivity index (χ1n) is 11.3. The van der Waals surface area contributed by atoms with E-state index in [0.29, 0.717) is 38.3 Å². The molecule has 1 saturated carbocycles. The lowest BCUT2D eigenvalue weighted by Gasteiger charge is -2.40. The maximum atomic E-state index is 12.0. The summed E-state index contributed by atoms with van der Waals surface area (Å²) >= 11 is 0. The van der Waals surface area contributed by atoms with Gasteiger partial charge in [-0.15, -0.1) is 0 Å². The molecular formula is C23H32N4O3. The molecule has 1 aliphatic carbocycles. The van der Waals surface area contributed by atoms with Gasteiger partial charge in [0, 0.05) is 37.9 Å². The minimum atomic E-state index is -0.0873. The molecule has 162 valence electrons. The molecule has 2 N–H and O–H groups in total. The number of rotatable bonds is 5. The summed E-state index contributed by atoms with van der Waals surface area (Å²) in [5, 5.41) is 6.90. The average molecular weight is 413 g/mol. The predicted molar refractivity (Wildman–Crippen MR) is 115 cm³/mol. The Labute approximate surface area is 178 Å². The molecule has 2 heterocycles. The molecule has 2 aliphatic heterocycles. The van der Waals surface area contributed by atoms with Gasteiger partial charge in [0.25, 0.3) is 0 Å². The smallest absolute Gasteiger partial charge is 0.229 e. The van der Waals surface area contributed by atoms with Crippen LogP contribution in [0.2, 0.25) is 0 Å². The van der Waals surface area contributed by atoms with Crippen LogP contribution < -0.4 is 15.4 Å².